The number of anilines is 1. The highest BCUT2D eigenvalue weighted by Crippen LogP contribution is 2.41. The first-order chi connectivity index (χ1) is 13.2. The van der Waals surface area contributed by atoms with E-state index in [1.165, 1.54) is 4.90 Å². The summed E-state index contributed by atoms with van der Waals surface area (Å²) in [5, 5.41) is 10.8. The molecule has 4 rings (SSSR count). The Morgan fingerprint density at radius 1 is 0.926 bits per heavy atom. The average Bonchev–Trinajstić information content (AvgIpc) is 3.00. The van der Waals surface area contributed by atoms with Crippen molar-refractivity contribution in [3.05, 3.63) is 96.0 Å². The number of ketones is 1. The molecule has 0 saturated carbocycles. The number of nitrogens with zero attached hydrogens (tertiary/aromatic N) is 3. The number of Topliss-reactive ketones (excluding diaryl/α,β-unsaturated/α-hetero) is 1. The van der Waals surface area contributed by atoms with Gasteiger partial charge in [0.25, 0.3) is 5.78 Å². The van der Waals surface area contributed by atoms with Crippen molar-refractivity contribution >= 4 is 23.3 Å². The van der Waals surface area contributed by atoms with Crippen molar-refractivity contribution in [3.8, 4) is 0 Å². The molecule has 0 spiro atoms. The molecule has 1 unspecified atom stereocenters. The normalized spacial score (nSPS) is 18.7. The molecule has 6 nitrogen and oxygen atoms in total. The molecule has 27 heavy (non-hydrogen) atoms. The van der Waals surface area contributed by atoms with Gasteiger partial charge in [-0.25, -0.2) is 4.98 Å². The fourth-order valence-electron chi connectivity index (χ4n) is 3.17. The molecule has 3 aromatic rings. The van der Waals surface area contributed by atoms with Gasteiger partial charge in [-0.2, -0.15) is 0 Å². The Balaban J connectivity index is 1.95. The standard InChI is InChI=1S/C21H15N3O3/c25-19(14-7-2-1-3-8-14)17-18(15-9-6-11-22-13-15)24(21(27)20(17)26)16-10-4-5-12-23-16/h1-13,18,25H/b19-17+. The maximum absolute atomic E-state index is 12.8. The van der Waals surface area contributed by atoms with E-state index >= 15 is 0 Å². The topological polar surface area (TPSA) is 83.4 Å². The number of carbonyl (C=O) groups is 2. The molecule has 1 saturated heterocycles. The fourth-order valence-corrected chi connectivity index (χ4v) is 3.17. The zero-order valence-electron chi connectivity index (χ0n) is 14.2. The SMILES string of the molecule is O=C1C(=O)N(c2ccccn2)C(c2cccnc2)/C1=C(\O)c1ccccc1. The molecule has 132 valence electrons. The van der Waals surface area contributed by atoms with E-state index < -0.39 is 17.7 Å². The molecule has 1 aliphatic rings. The Kier molecular flexibility index (Phi) is 4.22. The summed E-state index contributed by atoms with van der Waals surface area (Å²) in [5.41, 5.74) is 1.09. The van der Waals surface area contributed by atoms with Gasteiger partial charge in [-0.1, -0.05) is 42.5 Å². The van der Waals surface area contributed by atoms with Gasteiger partial charge in [0.1, 0.15) is 11.6 Å². The van der Waals surface area contributed by atoms with Crippen LogP contribution in [-0.4, -0.2) is 26.8 Å². The Bertz CT molecular complexity index is 1020. The molecule has 1 fully saturated rings. The van der Waals surface area contributed by atoms with Gasteiger partial charge in [0.05, 0.1) is 11.6 Å². The van der Waals surface area contributed by atoms with Gasteiger partial charge >= 0.3 is 5.91 Å². The van der Waals surface area contributed by atoms with E-state index in [2.05, 4.69) is 9.97 Å². The number of rotatable bonds is 3. The maximum atomic E-state index is 12.8. The highest BCUT2D eigenvalue weighted by atomic mass is 16.3. The fraction of sp³-hybridized carbons (Fsp3) is 0.0476. The summed E-state index contributed by atoms with van der Waals surface area (Å²) in [6.07, 6.45) is 4.73. The minimum absolute atomic E-state index is 0.0184. The van der Waals surface area contributed by atoms with Crippen molar-refractivity contribution in [2.75, 3.05) is 4.90 Å². The third kappa shape index (κ3) is 2.87. The second kappa shape index (κ2) is 6.84. The van der Waals surface area contributed by atoms with E-state index in [1.54, 1.807) is 73.2 Å². The average molecular weight is 357 g/mol. The molecule has 1 atom stereocenters. The van der Waals surface area contributed by atoms with Crippen LogP contribution in [0, 0.1) is 0 Å². The number of carbonyl (C=O) groups excluding carboxylic acids is 2. The van der Waals surface area contributed by atoms with E-state index in [4.69, 9.17) is 0 Å². The Morgan fingerprint density at radius 3 is 2.37 bits per heavy atom. The number of hydrogen-bond donors (Lipinski definition) is 1. The predicted octanol–water partition coefficient (Wildman–Crippen LogP) is 3.10. The van der Waals surface area contributed by atoms with Gasteiger partial charge in [0, 0.05) is 24.2 Å². The van der Waals surface area contributed by atoms with Crippen LogP contribution in [0.15, 0.2) is 84.8 Å². The van der Waals surface area contributed by atoms with Gasteiger partial charge in [0.15, 0.2) is 0 Å². The molecule has 1 aliphatic heterocycles. The number of amides is 1. The van der Waals surface area contributed by atoms with E-state index in [-0.39, 0.29) is 11.3 Å². The van der Waals surface area contributed by atoms with Crippen LogP contribution in [0.4, 0.5) is 5.82 Å². The molecule has 1 N–H and O–H groups in total. The minimum Gasteiger partial charge on any atom is -0.507 e. The molecule has 0 bridgehead atoms. The van der Waals surface area contributed by atoms with Gasteiger partial charge in [-0.15, -0.1) is 0 Å². The molecule has 1 amide bonds. The van der Waals surface area contributed by atoms with Crippen molar-refractivity contribution in [1.29, 1.82) is 0 Å². The highest BCUT2D eigenvalue weighted by molar-refractivity contribution is 6.51. The third-order valence-electron chi connectivity index (χ3n) is 4.39. The van der Waals surface area contributed by atoms with Crippen molar-refractivity contribution in [3.63, 3.8) is 0 Å². The van der Waals surface area contributed by atoms with Gasteiger partial charge in [-0.3, -0.25) is 19.5 Å². The zero-order chi connectivity index (χ0) is 18.8. The van der Waals surface area contributed by atoms with Gasteiger partial charge in [-0.05, 0) is 23.8 Å². The predicted molar refractivity (Wildman–Crippen MR) is 99.7 cm³/mol. The Hall–Kier alpha value is -3.80. The molecular formula is C21H15N3O3. The molecule has 1 aromatic carbocycles. The molecule has 2 aromatic heterocycles. The van der Waals surface area contributed by atoms with Gasteiger partial charge < -0.3 is 5.11 Å². The van der Waals surface area contributed by atoms with E-state index in [9.17, 15) is 14.7 Å². The second-order valence-corrected chi connectivity index (χ2v) is 6.01. The van der Waals surface area contributed by atoms with Crippen LogP contribution in [0.5, 0.6) is 0 Å². The number of aliphatic hydroxyl groups is 1. The number of aromatic nitrogens is 2. The lowest BCUT2D eigenvalue weighted by Gasteiger charge is -2.24. The number of hydrogen-bond acceptors (Lipinski definition) is 5. The zero-order valence-corrected chi connectivity index (χ0v) is 14.2. The summed E-state index contributed by atoms with van der Waals surface area (Å²) in [7, 11) is 0. The lowest BCUT2D eigenvalue weighted by Crippen LogP contribution is -2.30. The van der Waals surface area contributed by atoms with Crippen molar-refractivity contribution in [1.82, 2.24) is 9.97 Å². The van der Waals surface area contributed by atoms with E-state index in [1.807, 2.05) is 6.07 Å². The number of benzene rings is 1. The van der Waals surface area contributed by atoms with Crippen LogP contribution in [0.25, 0.3) is 5.76 Å². The maximum Gasteiger partial charge on any atom is 0.301 e. The van der Waals surface area contributed by atoms with Crippen LogP contribution in [0.1, 0.15) is 17.2 Å². The quantitative estimate of drug-likeness (QED) is 0.442. The van der Waals surface area contributed by atoms with Crippen LogP contribution in [0.3, 0.4) is 0 Å². The van der Waals surface area contributed by atoms with Crippen LogP contribution < -0.4 is 4.90 Å². The van der Waals surface area contributed by atoms with E-state index in [0.717, 1.165) is 0 Å². The first-order valence-electron chi connectivity index (χ1n) is 8.36. The van der Waals surface area contributed by atoms with Crippen molar-refractivity contribution in [2.45, 2.75) is 6.04 Å². The summed E-state index contributed by atoms with van der Waals surface area (Å²) in [4.78, 5) is 35.3. The lowest BCUT2D eigenvalue weighted by molar-refractivity contribution is -0.132. The molecular weight excluding hydrogens is 342 g/mol. The summed E-state index contributed by atoms with van der Waals surface area (Å²) >= 11 is 0. The summed E-state index contributed by atoms with van der Waals surface area (Å²) in [6, 6.07) is 16.5. The van der Waals surface area contributed by atoms with Crippen LogP contribution in [-0.2, 0) is 9.59 Å². The summed E-state index contributed by atoms with van der Waals surface area (Å²) < 4.78 is 0. The second-order valence-electron chi connectivity index (χ2n) is 6.01. The highest BCUT2D eigenvalue weighted by Gasteiger charge is 2.47. The smallest absolute Gasteiger partial charge is 0.301 e. The Morgan fingerprint density at radius 2 is 1.70 bits per heavy atom. The first-order valence-corrected chi connectivity index (χ1v) is 8.36. The largest absolute Gasteiger partial charge is 0.507 e. The molecule has 0 aliphatic carbocycles. The van der Waals surface area contributed by atoms with Crippen molar-refractivity contribution < 1.29 is 14.7 Å². The molecule has 6 heteroatoms. The third-order valence-corrected chi connectivity index (χ3v) is 4.39. The lowest BCUT2D eigenvalue weighted by atomic mass is 9.96. The van der Waals surface area contributed by atoms with Crippen LogP contribution in [0.2, 0.25) is 0 Å². The van der Waals surface area contributed by atoms with Crippen LogP contribution >= 0.6 is 0 Å². The van der Waals surface area contributed by atoms with Gasteiger partial charge in [0.2, 0.25) is 0 Å². The Labute approximate surface area is 155 Å². The van der Waals surface area contributed by atoms with E-state index in [0.29, 0.717) is 16.9 Å². The molecule has 3 heterocycles. The minimum atomic E-state index is -0.811. The first kappa shape index (κ1) is 16.7. The van der Waals surface area contributed by atoms with Crippen molar-refractivity contribution in [2.24, 2.45) is 0 Å². The summed E-state index contributed by atoms with van der Waals surface area (Å²) in [5.74, 6) is -1.38. The summed E-state index contributed by atoms with van der Waals surface area (Å²) in [6.45, 7) is 0. The molecule has 0 radical (unpaired) electrons. The number of pyridine rings is 2. The number of aliphatic hydroxyl groups excluding tert-OH is 1. The monoisotopic (exact) mass is 357 g/mol.